The predicted molar refractivity (Wildman–Crippen MR) is 112 cm³/mol. The molecular weight excluding hydrogens is 374 g/mol. The first-order valence-electron chi connectivity index (χ1n) is 9.36. The van der Waals surface area contributed by atoms with Gasteiger partial charge < -0.3 is 15.4 Å². The molecule has 0 unspecified atom stereocenters. The first-order valence-corrected chi connectivity index (χ1v) is 11.3. The molecule has 0 aromatic heterocycles. The molecular formula is C21H27N3O3S. The minimum atomic E-state index is -3.18. The molecule has 2 aromatic rings. The number of nitrogens with one attached hydrogen (secondary N) is 2. The van der Waals surface area contributed by atoms with E-state index in [2.05, 4.69) is 39.9 Å². The van der Waals surface area contributed by atoms with Crippen LogP contribution in [0.3, 0.4) is 0 Å². The van der Waals surface area contributed by atoms with Gasteiger partial charge in [0, 0.05) is 25.3 Å². The second-order valence-electron chi connectivity index (χ2n) is 7.09. The van der Waals surface area contributed by atoms with Crippen LogP contribution in [0.1, 0.15) is 18.4 Å². The summed E-state index contributed by atoms with van der Waals surface area (Å²) in [6, 6.07) is 17.0. The summed E-state index contributed by atoms with van der Waals surface area (Å²) < 4.78 is 28.6. The summed E-state index contributed by atoms with van der Waals surface area (Å²) in [5.74, 6) is 1.39. The van der Waals surface area contributed by atoms with Crippen molar-refractivity contribution >= 4 is 15.8 Å². The van der Waals surface area contributed by atoms with Crippen molar-refractivity contribution in [3.8, 4) is 5.75 Å². The van der Waals surface area contributed by atoms with Gasteiger partial charge in [0.15, 0.2) is 15.8 Å². The van der Waals surface area contributed by atoms with Crippen molar-refractivity contribution in [1.82, 2.24) is 10.6 Å². The molecule has 0 radical (unpaired) electrons. The maximum atomic E-state index is 11.5. The first kappa shape index (κ1) is 20.2. The van der Waals surface area contributed by atoms with Gasteiger partial charge >= 0.3 is 0 Å². The van der Waals surface area contributed by atoms with Crippen LogP contribution in [0.2, 0.25) is 0 Å². The molecule has 28 heavy (non-hydrogen) atoms. The second kappa shape index (κ2) is 8.65. The smallest absolute Gasteiger partial charge is 0.191 e. The number of nitrogens with zero attached hydrogens (tertiary/aromatic N) is 1. The highest BCUT2D eigenvalue weighted by Gasteiger charge is 2.43. The topological polar surface area (TPSA) is 79.8 Å². The molecule has 0 aliphatic heterocycles. The van der Waals surface area contributed by atoms with Gasteiger partial charge in [-0.05, 0) is 42.7 Å². The normalized spacial score (nSPS) is 15.7. The molecule has 6 nitrogen and oxygen atoms in total. The molecule has 0 spiro atoms. The third kappa shape index (κ3) is 5.25. The van der Waals surface area contributed by atoms with Crippen LogP contribution in [-0.2, 0) is 15.3 Å². The summed E-state index contributed by atoms with van der Waals surface area (Å²) in [6.07, 6.45) is 3.57. The zero-order chi connectivity index (χ0) is 20.0. The summed E-state index contributed by atoms with van der Waals surface area (Å²) in [5, 5.41) is 6.66. The van der Waals surface area contributed by atoms with Crippen LogP contribution in [0.25, 0.3) is 0 Å². The third-order valence-corrected chi connectivity index (χ3v) is 6.10. The van der Waals surface area contributed by atoms with E-state index in [-0.39, 0.29) is 10.3 Å². The number of sulfone groups is 1. The molecule has 0 amide bonds. The Balaban J connectivity index is 1.41. The fraction of sp³-hybridized carbons (Fsp3) is 0.381. The highest BCUT2D eigenvalue weighted by atomic mass is 32.2. The van der Waals surface area contributed by atoms with Gasteiger partial charge in [-0.1, -0.05) is 30.3 Å². The monoisotopic (exact) mass is 401 g/mol. The summed E-state index contributed by atoms with van der Waals surface area (Å²) in [7, 11) is -1.43. The third-order valence-electron chi connectivity index (χ3n) is 4.97. The quantitative estimate of drug-likeness (QED) is 0.403. The first-order chi connectivity index (χ1) is 13.4. The number of hydrogen-bond donors (Lipinski definition) is 2. The Morgan fingerprint density at radius 3 is 2.32 bits per heavy atom. The highest BCUT2D eigenvalue weighted by Crippen LogP contribution is 2.47. The van der Waals surface area contributed by atoms with Gasteiger partial charge in [0.1, 0.15) is 12.4 Å². The molecule has 2 N–H and O–H groups in total. The van der Waals surface area contributed by atoms with E-state index in [0.717, 1.165) is 12.5 Å². The van der Waals surface area contributed by atoms with E-state index >= 15 is 0 Å². The molecule has 0 bridgehead atoms. The van der Waals surface area contributed by atoms with Crippen LogP contribution in [0.15, 0.2) is 64.5 Å². The predicted octanol–water partition coefficient (Wildman–Crippen LogP) is 2.37. The maximum Gasteiger partial charge on any atom is 0.191 e. The fourth-order valence-corrected chi connectivity index (χ4v) is 3.74. The van der Waals surface area contributed by atoms with Gasteiger partial charge in [-0.25, -0.2) is 8.42 Å². The second-order valence-corrected chi connectivity index (χ2v) is 9.11. The van der Waals surface area contributed by atoms with E-state index in [0.29, 0.717) is 18.9 Å². The molecule has 150 valence electrons. The van der Waals surface area contributed by atoms with Gasteiger partial charge in [0.25, 0.3) is 0 Å². The van der Waals surface area contributed by atoms with Crippen LogP contribution in [0, 0.1) is 0 Å². The molecule has 1 fully saturated rings. The number of ether oxygens (including phenoxy) is 1. The molecule has 0 saturated heterocycles. The van der Waals surface area contributed by atoms with E-state index < -0.39 is 9.84 Å². The molecule has 1 aliphatic rings. The number of hydrogen-bond acceptors (Lipinski definition) is 4. The number of rotatable bonds is 8. The molecule has 2 aromatic carbocycles. The van der Waals surface area contributed by atoms with Gasteiger partial charge in [0.05, 0.1) is 11.4 Å². The zero-order valence-electron chi connectivity index (χ0n) is 16.3. The molecule has 7 heteroatoms. The van der Waals surface area contributed by atoms with E-state index in [4.69, 9.17) is 4.74 Å². The van der Waals surface area contributed by atoms with Crippen molar-refractivity contribution in [3.05, 3.63) is 60.2 Å². The average Bonchev–Trinajstić information content (AvgIpc) is 3.49. The Morgan fingerprint density at radius 2 is 1.75 bits per heavy atom. The Bertz CT molecular complexity index is 906. The summed E-state index contributed by atoms with van der Waals surface area (Å²) in [5.41, 5.74) is 1.59. The zero-order valence-corrected chi connectivity index (χ0v) is 17.1. The molecule has 1 aliphatic carbocycles. The van der Waals surface area contributed by atoms with Crippen molar-refractivity contribution in [3.63, 3.8) is 0 Å². The SMILES string of the molecule is CN=C(NCCOc1ccc(S(C)(=O)=O)cc1)NCC1(c2ccccc2)CC1. The van der Waals surface area contributed by atoms with Crippen LogP contribution in [0.4, 0.5) is 0 Å². The lowest BCUT2D eigenvalue weighted by atomic mass is 9.96. The van der Waals surface area contributed by atoms with Gasteiger partial charge in [-0.3, -0.25) is 4.99 Å². The maximum absolute atomic E-state index is 11.5. The number of guanidine groups is 1. The summed E-state index contributed by atoms with van der Waals surface area (Å²) in [6.45, 7) is 1.89. The molecule has 1 saturated carbocycles. The largest absolute Gasteiger partial charge is 0.492 e. The van der Waals surface area contributed by atoms with Gasteiger partial charge in [-0.15, -0.1) is 0 Å². The number of benzene rings is 2. The van der Waals surface area contributed by atoms with Crippen molar-refractivity contribution in [1.29, 1.82) is 0 Å². The minimum Gasteiger partial charge on any atom is -0.492 e. The van der Waals surface area contributed by atoms with Crippen LogP contribution >= 0.6 is 0 Å². The van der Waals surface area contributed by atoms with E-state index in [1.807, 2.05) is 6.07 Å². The van der Waals surface area contributed by atoms with Crippen LogP contribution in [-0.4, -0.2) is 47.4 Å². The van der Waals surface area contributed by atoms with Crippen molar-refractivity contribution in [2.24, 2.45) is 4.99 Å². The fourth-order valence-electron chi connectivity index (χ4n) is 3.11. The van der Waals surface area contributed by atoms with Gasteiger partial charge in [0.2, 0.25) is 0 Å². The van der Waals surface area contributed by atoms with E-state index in [9.17, 15) is 8.42 Å². The Labute approximate surface area is 167 Å². The highest BCUT2D eigenvalue weighted by molar-refractivity contribution is 7.90. The average molecular weight is 402 g/mol. The Hall–Kier alpha value is -2.54. The molecule has 0 heterocycles. The Kier molecular flexibility index (Phi) is 6.24. The lowest BCUT2D eigenvalue weighted by molar-refractivity contribution is 0.321. The lowest BCUT2D eigenvalue weighted by Crippen LogP contribution is -2.42. The van der Waals surface area contributed by atoms with Crippen molar-refractivity contribution in [2.75, 3.05) is 33.0 Å². The van der Waals surface area contributed by atoms with Gasteiger partial charge in [-0.2, -0.15) is 0 Å². The number of aliphatic imine (C=N–C) groups is 1. The molecule has 3 rings (SSSR count). The Morgan fingerprint density at radius 1 is 1.07 bits per heavy atom. The van der Waals surface area contributed by atoms with E-state index in [1.165, 1.54) is 24.7 Å². The van der Waals surface area contributed by atoms with Crippen LogP contribution < -0.4 is 15.4 Å². The summed E-state index contributed by atoms with van der Waals surface area (Å²) in [4.78, 5) is 4.55. The van der Waals surface area contributed by atoms with E-state index in [1.54, 1.807) is 31.3 Å². The standard InChI is InChI=1S/C21H27N3O3S/c1-22-20(24-16-21(12-13-21)17-6-4-3-5-7-17)23-14-15-27-18-8-10-19(11-9-18)28(2,25)26/h3-11H,12-16H2,1-2H3,(H2,22,23,24). The summed E-state index contributed by atoms with van der Waals surface area (Å²) >= 11 is 0. The lowest BCUT2D eigenvalue weighted by Gasteiger charge is -2.19. The molecule has 0 atom stereocenters. The van der Waals surface area contributed by atoms with Crippen molar-refractivity contribution < 1.29 is 13.2 Å². The van der Waals surface area contributed by atoms with Crippen molar-refractivity contribution in [2.45, 2.75) is 23.2 Å². The minimum absolute atomic E-state index is 0.219. The van der Waals surface area contributed by atoms with Crippen LogP contribution in [0.5, 0.6) is 5.75 Å².